The third kappa shape index (κ3) is 3.53. The van der Waals surface area contributed by atoms with Gasteiger partial charge in [-0.25, -0.2) is 0 Å². The van der Waals surface area contributed by atoms with E-state index in [4.69, 9.17) is 0 Å². The molecule has 0 unspecified atom stereocenters. The molecule has 116 valence electrons. The van der Waals surface area contributed by atoms with Crippen LogP contribution in [0.25, 0.3) is 0 Å². The van der Waals surface area contributed by atoms with Gasteiger partial charge in [0.15, 0.2) is 0 Å². The second-order valence-electron chi connectivity index (χ2n) is 5.84. The van der Waals surface area contributed by atoms with Crippen LogP contribution < -0.4 is 10.9 Å². The van der Waals surface area contributed by atoms with Gasteiger partial charge in [-0.15, -0.1) is 0 Å². The molecule has 0 saturated carbocycles. The monoisotopic (exact) mass is 292 g/mol. The van der Waals surface area contributed by atoms with E-state index in [9.17, 15) is 14.7 Å². The molecular formula is C16H24N2O3. The number of rotatable bonds is 5. The highest BCUT2D eigenvalue weighted by Crippen LogP contribution is 2.18. The average Bonchev–Trinajstić information content (AvgIpc) is 2.51. The van der Waals surface area contributed by atoms with Crippen LogP contribution in [0, 0.1) is 0 Å². The van der Waals surface area contributed by atoms with Gasteiger partial charge in [-0.2, -0.15) is 0 Å². The van der Waals surface area contributed by atoms with Crippen LogP contribution >= 0.6 is 0 Å². The number of pyridine rings is 1. The predicted molar refractivity (Wildman–Crippen MR) is 81.6 cm³/mol. The molecule has 3 N–H and O–H groups in total. The molecule has 0 spiro atoms. The molecule has 0 aromatic carbocycles. The van der Waals surface area contributed by atoms with Gasteiger partial charge in [0.25, 0.3) is 11.5 Å². The second-order valence-corrected chi connectivity index (χ2v) is 5.84. The first-order chi connectivity index (χ1) is 9.99. The lowest BCUT2D eigenvalue weighted by atomic mass is 9.94. The summed E-state index contributed by atoms with van der Waals surface area (Å²) < 4.78 is 0. The van der Waals surface area contributed by atoms with E-state index in [1.165, 1.54) is 0 Å². The van der Waals surface area contributed by atoms with Crippen LogP contribution in [0.3, 0.4) is 0 Å². The van der Waals surface area contributed by atoms with Crippen molar-refractivity contribution in [2.45, 2.75) is 58.0 Å². The topological polar surface area (TPSA) is 82.2 Å². The lowest BCUT2D eigenvalue weighted by molar-refractivity contribution is 0.0313. The molecule has 5 nitrogen and oxygen atoms in total. The summed E-state index contributed by atoms with van der Waals surface area (Å²) in [6, 6.07) is 1.71. The van der Waals surface area contributed by atoms with Gasteiger partial charge in [0.2, 0.25) is 0 Å². The highest BCUT2D eigenvalue weighted by atomic mass is 16.3. The summed E-state index contributed by atoms with van der Waals surface area (Å²) in [5.74, 6) is -0.412. The molecule has 1 amide bonds. The third-order valence-corrected chi connectivity index (χ3v) is 4.48. The fourth-order valence-corrected chi connectivity index (χ4v) is 2.68. The minimum atomic E-state index is -0.906. The number of hydrogen-bond acceptors (Lipinski definition) is 3. The quantitative estimate of drug-likeness (QED) is 0.770. The minimum Gasteiger partial charge on any atom is -0.388 e. The zero-order valence-electron chi connectivity index (χ0n) is 12.8. The summed E-state index contributed by atoms with van der Waals surface area (Å²) in [5.41, 5.74) is 0.917. The van der Waals surface area contributed by atoms with E-state index in [1.54, 1.807) is 6.07 Å². The molecule has 1 aromatic heterocycles. The number of carbonyl (C=O) groups is 1. The number of fused-ring (bicyclic) bond motifs is 1. The van der Waals surface area contributed by atoms with Crippen LogP contribution in [0.15, 0.2) is 10.9 Å². The van der Waals surface area contributed by atoms with Crippen molar-refractivity contribution in [3.8, 4) is 0 Å². The van der Waals surface area contributed by atoms with Crippen molar-refractivity contribution >= 4 is 5.91 Å². The Hall–Kier alpha value is -1.62. The molecule has 2 rings (SSSR count). The van der Waals surface area contributed by atoms with Crippen molar-refractivity contribution in [1.82, 2.24) is 10.3 Å². The molecule has 1 heterocycles. The largest absolute Gasteiger partial charge is 0.388 e. The summed E-state index contributed by atoms with van der Waals surface area (Å²) in [6.45, 7) is 3.91. The summed E-state index contributed by atoms with van der Waals surface area (Å²) in [6.07, 6.45) is 5.06. The van der Waals surface area contributed by atoms with Crippen LogP contribution in [0.2, 0.25) is 0 Å². The Labute approximate surface area is 124 Å². The van der Waals surface area contributed by atoms with Crippen molar-refractivity contribution in [3.63, 3.8) is 0 Å². The molecule has 21 heavy (non-hydrogen) atoms. The summed E-state index contributed by atoms with van der Waals surface area (Å²) in [7, 11) is 0. The fourth-order valence-electron chi connectivity index (χ4n) is 2.68. The Bertz CT molecular complexity index is 573. The molecule has 1 aromatic rings. The molecule has 0 radical (unpaired) electrons. The first kappa shape index (κ1) is 15.8. The van der Waals surface area contributed by atoms with Gasteiger partial charge >= 0.3 is 0 Å². The van der Waals surface area contributed by atoms with Gasteiger partial charge in [-0.05, 0) is 50.2 Å². The molecule has 5 heteroatoms. The standard InChI is InChI=1S/C16H24N2O3/c1-3-16(21,4-2)10-17-14(19)12-9-11-7-5-6-8-13(11)18-15(12)20/h9,21H,3-8,10H2,1-2H3,(H,17,19)(H,18,20). The molecule has 0 fully saturated rings. The van der Waals surface area contributed by atoms with Crippen LogP contribution in [0.1, 0.15) is 61.1 Å². The molecule has 0 bridgehead atoms. The smallest absolute Gasteiger partial charge is 0.261 e. The van der Waals surface area contributed by atoms with Crippen molar-refractivity contribution in [1.29, 1.82) is 0 Å². The SMILES string of the molecule is CCC(O)(CC)CNC(=O)c1cc2c([nH]c1=O)CCCC2. The van der Waals surface area contributed by atoms with Gasteiger partial charge in [0.1, 0.15) is 5.56 Å². The summed E-state index contributed by atoms with van der Waals surface area (Å²) in [5, 5.41) is 12.9. The van der Waals surface area contributed by atoms with E-state index in [1.807, 2.05) is 13.8 Å². The maximum atomic E-state index is 12.2. The Kier molecular flexibility index (Phi) is 4.83. The number of carbonyl (C=O) groups excluding carboxylic acids is 1. The van der Waals surface area contributed by atoms with Crippen molar-refractivity contribution in [3.05, 3.63) is 33.2 Å². The third-order valence-electron chi connectivity index (χ3n) is 4.48. The van der Waals surface area contributed by atoms with Crippen molar-refractivity contribution < 1.29 is 9.90 Å². The lowest BCUT2D eigenvalue weighted by Gasteiger charge is -2.25. The number of H-pyrrole nitrogens is 1. The van der Waals surface area contributed by atoms with Crippen LogP contribution in [0.4, 0.5) is 0 Å². The summed E-state index contributed by atoms with van der Waals surface area (Å²) in [4.78, 5) is 27.0. The number of aliphatic hydroxyl groups is 1. The number of nitrogens with one attached hydrogen (secondary N) is 2. The number of amides is 1. The lowest BCUT2D eigenvalue weighted by Crippen LogP contribution is -2.43. The highest BCUT2D eigenvalue weighted by Gasteiger charge is 2.24. The van der Waals surface area contributed by atoms with E-state index in [-0.39, 0.29) is 17.7 Å². The molecular weight excluding hydrogens is 268 g/mol. The highest BCUT2D eigenvalue weighted by molar-refractivity contribution is 5.94. The molecule has 0 atom stereocenters. The number of aromatic nitrogens is 1. The fraction of sp³-hybridized carbons (Fsp3) is 0.625. The van der Waals surface area contributed by atoms with E-state index in [2.05, 4.69) is 10.3 Å². The molecule has 1 aliphatic carbocycles. The second kappa shape index (κ2) is 6.43. The number of aryl methyl sites for hydroxylation is 2. The minimum absolute atomic E-state index is 0.144. The van der Waals surface area contributed by atoms with Gasteiger partial charge in [-0.3, -0.25) is 9.59 Å². The normalized spacial score (nSPS) is 14.6. The van der Waals surface area contributed by atoms with Crippen molar-refractivity contribution in [2.75, 3.05) is 6.54 Å². The van der Waals surface area contributed by atoms with Crippen LogP contribution in [0.5, 0.6) is 0 Å². The number of aromatic amines is 1. The maximum Gasteiger partial charge on any atom is 0.261 e. The summed E-state index contributed by atoms with van der Waals surface area (Å²) >= 11 is 0. The Balaban J connectivity index is 2.14. The van der Waals surface area contributed by atoms with Gasteiger partial charge in [0, 0.05) is 12.2 Å². The van der Waals surface area contributed by atoms with Gasteiger partial charge in [0.05, 0.1) is 5.60 Å². The van der Waals surface area contributed by atoms with Gasteiger partial charge in [-0.1, -0.05) is 13.8 Å². The van der Waals surface area contributed by atoms with Crippen LogP contribution in [-0.4, -0.2) is 28.1 Å². The average molecular weight is 292 g/mol. The first-order valence-electron chi connectivity index (χ1n) is 7.74. The molecule has 0 saturated heterocycles. The van der Waals surface area contributed by atoms with Crippen molar-refractivity contribution in [2.24, 2.45) is 0 Å². The Morgan fingerprint density at radius 2 is 2.00 bits per heavy atom. The van der Waals surface area contributed by atoms with E-state index in [0.717, 1.165) is 36.9 Å². The van der Waals surface area contributed by atoms with Crippen LogP contribution in [-0.2, 0) is 12.8 Å². The zero-order valence-corrected chi connectivity index (χ0v) is 12.8. The number of hydrogen-bond donors (Lipinski definition) is 3. The first-order valence-corrected chi connectivity index (χ1v) is 7.74. The molecule has 0 aliphatic heterocycles. The predicted octanol–water partition coefficient (Wildman–Crippen LogP) is 1.53. The Morgan fingerprint density at radius 3 is 2.67 bits per heavy atom. The maximum absolute atomic E-state index is 12.2. The van der Waals surface area contributed by atoms with E-state index < -0.39 is 11.5 Å². The van der Waals surface area contributed by atoms with E-state index in [0.29, 0.717) is 12.8 Å². The zero-order chi connectivity index (χ0) is 15.5. The molecule has 1 aliphatic rings. The Morgan fingerprint density at radius 1 is 1.33 bits per heavy atom. The van der Waals surface area contributed by atoms with E-state index >= 15 is 0 Å². The van der Waals surface area contributed by atoms with Gasteiger partial charge < -0.3 is 15.4 Å².